The van der Waals surface area contributed by atoms with Crippen molar-refractivity contribution in [3.05, 3.63) is 241 Å². The number of rotatable bonds is 32. The molecule has 0 amide bonds. The van der Waals surface area contributed by atoms with Gasteiger partial charge in [-0.3, -0.25) is 57.5 Å². The van der Waals surface area contributed by atoms with Gasteiger partial charge in [0.05, 0.1) is 0 Å². The van der Waals surface area contributed by atoms with E-state index in [1.807, 2.05) is 0 Å². The van der Waals surface area contributed by atoms with Crippen LogP contribution in [0.3, 0.4) is 0 Å². The Kier molecular flexibility index (Phi) is 30.4. The van der Waals surface area contributed by atoms with E-state index in [2.05, 4.69) is 0 Å². The average molecular weight is 1720 g/mol. The van der Waals surface area contributed by atoms with Gasteiger partial charge in [-0.15, -0.1) is 0 Å². The zero-order valence-corrected chi connectivity index (χ0v) is 68.4. The molecule has 0 unspecified atom stereocenters. The number of carbonyl (C=O) groups excluding carboxylic acids is 8. The minimum atomic E-state index is -1.62. The van der Waals surface area contributed by atoms with Crippen molar-refractivity contribution < 1.29 is 136 Å². The fraction of sp³-hybridized carbons (Fsp3) is 0.303. The third-order valence-electron chi connectivity index (χ3n) is 17.5. The van der Waals surface area contributed by atoms with E-state index in [0.717, 1.165) is 12.1 Å². The van der Waals surface area contributed by atoms with Gasteiger partial charge in [-0.2, -0.15) is 0 Å². The SMILES string of the molecule is CC(=O)OCc1cc(=O)c2c(OCC(F)COc3cccc4oc(COC(C)=O)cc(=O)c34)cccc2o1.CC(=O)OCc1cc(=O)c2c(OCC(O)COc3cccc4oc(COC(C)=O)cc(=O)c34)cccc2o1.CC(C)(C)C(=O)COC(=O)c1cc(=O)c2c(OCC(O)COc3cccc4oc(C(=O)OCC(=O)C(C)(C)C)cc(=O)c34)cccc2o1. The topological polar surface area (TPSA) is 469 Å². The van der Waals surface area contributed by atoms with Gasteiger partial charge < -0.3 is 93.6 Å². The van der Waals surface area contributed by atoms with Gasteiger partial charge >= 0.3 is 35.8 Å². The van der Waals surface area contributed by atoms with Gasteiger partial charge in [-0.25, -0.2) is 14.0 Å². The molecular weight excluding hydrogens is 1630 g/mol. The molecule has 2 N–H and O–H groups in total. The number of carbonyl (C=O) groups is 8. The number of aliphatic hydroxyl groups is 2. The number of fused-ring (bicyclic) bond motifs is 6. The maximum atomic E-state index is 14.7. The molecule has 0 aliphatic heterocycles. The van der Waals surface area contributed by atoms with E-state index in [1.165, 1.54) is 100 Å². The normalized spacial score (nSPS) is 11.4. The first-order valence-corrected chi connectivity index (χ1v) is 38.0. The number of Topliss-reactive ketones (excluding diaryl/α,β-unsaturated/α-hetero) is 2. The number of hydrogen-bond acceptors (Lipinski definition) is 34. The molecule has 34 nitrogen and oxygen atoms in total. The molecule has 6 heterocycles. The van der Waals surface area contributed by atoms with E-state index < -0.39 is 124 Å². The summed E-state index contributed by atoms with van der Waals surface area (Å²) in [7, 11) is 0. The first-order valence-electron chi connectivity index (χ1n) is 38.0. The monoisotopic (exact) mass is 1710 g/mol. The summed E-state index contributed by atoms with van der Waals surface area (Å²) in [4.78, 5) is 169. The second kappa shape index (κ2) is 41.1. The maximum absolute atomic E-state index is 14.7. The maximum Gasteiger partial charge on any atom is 0.374 e. The van der Waals surface area contributed by atoms with E-state index in [9.17, 15) is 81.7 Å². The number of esters is 6. The smallest absolute Gasteiger partial charge is 0.374 e. The molecule has 0 saturated heterocycles. The Hall–Kier alpha value is -14.6. The van der Waals surface area contributed by atoms with Crippen molar-refractivity contribution in [3.63, 3.8) is 0 Å². The highest BCUT2D eigenvalue weighted by Gasteiger charge is 2.28. The van der Waals surface area contributed by atoms with Crippen molar-refractivity contribution in [1.82, 2.24) is 0 Å². The van der Waals surface area contributed by atoms with E-state index in [-0.39, 0.29) is 199 Å². The molecule has 12 rings (SSSR count). The van der Waals surface area contributed by atoms with Gasteiger partial charge in [0.1, 0.15) is 202 Å². The summed E-state index contributed by atoms with van der Waals surface area (Å²) < 4.78 is 111. The van der Waals surface area contributed by atoms with E-state index in [1.54, 1.807) is 102 Å². The zero-order valence-electron chi connectivity index (χ0n) is 68.4. The quantitative estimate of drug-likeness (QED) is 0.0292. The van der Waals surface area contributed by atoms with Crippen LogP contribution >= 0.6 is 0 Å². The molecule has 0 atom stereocenters. The number of halogens is 1. The lowest BCUT2D eigenvalue weighted by Crippen LogP contribution is -2.26. The van der Waals surface area contributed by atoms with Gasteiger partial charge in [0.25, 0.3) is 0 Å². The minimum absolute atomic E-state index is 0.0108. The van der Waals surface area contributed by atoms with E-state index >= 15 is 0 Å². The van der Waals surface area contributed by atoms with E-state index in [4.69, 9.17) is 83.3 Å². The van der Waals surface area contributed by atoms with Crippen molar-refractivity contribution >= 4 is 113 Å². The lowest BCUT2D eigenvalue weighted by molar-refractivity contribution is -0.143. The van der Waals surface area contributed by atoms with Crippen molar-refractivity contribution in [1.29, 1.82) is 0 Å². The fourth-order valence-corrected chi connectivity index (χ4v) is 11.3. The van der Waals surface area contributed by atoms with Crippen LogP contribution in [0, 0.1) is 10.8 Å². The van der Waals surface area contributed by atoms with Gasteiger partial charge in [-0.1, -0.05) is 77.9 Å². The third kappa shape index (κ3) is 24.8. The van der Waals surface area contributed by atoms with Crippen molar-refractivity contribution in [2.45, 2.75) is 114 Å². The predicted molar refractivity (Wildman–Crippen MR) is 436 cm³/mol. The number of ketones is 2. The summed E-state index contributed by atoms with van der Waals surface area (Å²) in [6.45, 7) is 11.4. The highest BCUT2D eigenvalue weighted by Crippen LogP contribution is 2.32. The molecule has 6 aromatic heterocycles. The summed E-state index contributed by atoms with van der Waals surface area (Å²) in [6, 6.07) is 34.3. The van der Waals surface area contributed by atoms with Crippen LogP contribution in [0.15, 0.2) is 201 Å². The Morgan fingerprint density at radius 3 is 0.742 bits per heavy atom. The molecule has 0 aliphatic rings. The van der Waals surface area contributed by atoms with Gasteiger partial charge in [0.15, 0.2) is 63.5 Å². The largest absolute Gasteiger partial charge is 0.490 e. The minimum Gasteiger partial charge on any atom is -0.490 e. The molecular formula is C89H83FO34. The number of hydrogen-bond donors (Lipinski definition) is 2. The molecule has 0 saturated carbocycles. The lowest BCUT2D eigenvalue weighted by atomic mass is 9.91. The highest BCUT2D eigenvalue weighted by molar-refractivity contribution is 5.95. The number of benzene rings is 6. The van der Waals surface area contributed by atoms with Crippen LogP contribution in [0.2, 0.25) is 0 Å². The van der Waals surface area contributed by atoms with E-state index in [0.29, 0.717) is 0 Å². The van der Waals surface area contributed by atoms with Crippen LogP contribution in [-0.2, 0) is 83.6 Å². The third-order valence-corrected chi connectivity index (χ3v) is 17.5. The summed E-state index contributed by atoms with van der Waals surface area (Å²) in [5.74, 6) is -3.96. The van der Waals surface area contributed by atoms with Crippen molar-refractivity contribution in [3.8, 4) is 34.5 Å². The summed E-state index contributed by atoms with van der Waals surface area (Å²) in [5.41, 5.74) is -3.43. The van der Waals surface area contributed by atoms with Crippen molar-refractivity contribution in [2.75, 3.05) is 52.9 Å². The predicted octanol–water partition coefficient (Wildman–Crippen LogP) is 10.9. The van der Waals surface area contributed by atoms with Crippen LogP contribution in [0.5, 0.6) is 34.5 Å². The Balaban J connectivity index is 0.000000196. The summed E-state index contributed by atoms with van der Waals surface area (Å²) >= 11 is 0. The molecule has 35 heteroatoms. The second-order valence-electron chi connectivity index (χ2n) is 29.4. The number of aliphatic hydroxyl groups excluding tert-OH is 2. The zero-order chi connectivity index (χ0) is 89.9. The molecule has 650 valence electrons. The molecule has 12 aromatic rings. The molecule has 6 aromatic carbocycles. The summed E-state index contributed by atoms with van der Waals surface area (Å²) in [5, 5.41) is 21.6. The molecule has 0 aliphatic carbocycles. The molecule has 0 radical (unpaired) electrons. The van der Waals surface area contributed by atoms with Crippen LogP contribution < -0.4 is 61.0 Å². The second-order valence-corrected chi connectivity index (χ2v) is 29.4. The number of alkyl halides is 1. The van der Waals surface area contributed by atoms with Crippen LogP contribution in [-0.4, -0.2) is 129 Å². The van der Waals surface area contributed by atoms with Crippen LogP contribution in [0.1, 0.15) is 113 Å². The molecule has 124 heavy (non-hydrogen) atoms. The fourth-order valence-electron chi connectivity index (χ4n) is 11.3. The Bertz CT molecular complexity index is 5780. The highest BCUT2D eigenvalue weighted by atomic mass is 19.1. The standard InChI is InChI=1S/C35H36O13.C27H23FO10.C27H24O11/c1-34(2,3)28(39)17-45-32(41)26-13-20(37)30-22(9-7-11-24(30)47-26)43-15-19(36)16-44-23-10-8-12-25-31(23)21(38)14-27(48-25)33(42)46-18-29(40)35(4,5)6;1-15(29)33-13-18-9-20(31)26-22(5-3-7-24(26)37-18)35-11-17(28)12-36-23-6-4-8-25-27(23)21(32)10-19(38-25)14-34-16(2)30;1-15(28)33-13-18-9-20(31)26-22(5-3-7-24(26)37-18)35-11-17(30)12-36-23-6-4-8-25-27(23)21(32)10-19(38-25)14-34-16(2)29/h7-14,19,36H,15-18H2,1-6H3;3-10,17H,11-14H2,1-2H3;3-10,17,30H,11-14H2,1-2H3. The molecule has 0 spiro atoms. The van der Waals surface area contributed by atoms with Gasteiger partial charge in [0.2, 0.25) is 11.5 Å². The van der Waals surface area contributed by atoms with Crippen molar-refractivity contribution in [2.24, 2.45) is 10.8 Å². The molecule has 0 bridgehead atoms. The van der Waals surface area contributed by atoms with Gasteiger partial charge in [0, 0.05) is 74.9 Å². The first kappa shape index (κ1) is 91.7. The first-order chi connectivity index (χ1) is 58.9. The van der Waals surface area contributed by atoms with Crippen LogP contribution in [0.25, 0.3) is 65.8 Å². The Morgan fingerprint density at radius 1 is 0.315 bits per heavy atom. The summed E-state index contributed by atoms with van der Waals surface area (Å²) in [6.07, 6.45) is -3.98. The average Bonchev–Trinajstić information content (AvgIpc) is 0.811. The van der Waals surface area contributed by atoms with Crippen LogP contribution in [0.4, 0.5) is 4.39 Å². The Labute approximate surface area is 700 Å². The number of ether oxygens (including phenoxy) is 12. The Morgan fingerprint density at radius 2 is 0.524 bits per heavy atom. The van der Waals surface area contributed by atoms with Gasteiger partial charge in [-0.05, 0) is 72.8 Å². The lowest BCUT2D eigenvalue weighted by Gasteiger charge is -2.16. The molecule has 0 fully saturated rings.